The SMILES string of the molecule is CC[C@H](C(=O)OCC(=O)c1c(N)n(Cc2ccccc2)c(=O)n(CC(=O)OC)c1=O)c1ccccc1. The Hall–Kier alpha value is -4.47. The third-order valence-electron chi connectivity index (χ3n) is 5.69. The second kappa shape index (κ2) is 11.8. The number of Topliss-reactive ketones (excluding diaryl/α,β-unsaturated/α-hetero) is 1. The molecule has 3 aromatic rings. The van der Waals surface area contributed by atoms with Crippen LogP contribution in [-0.2, 0) is 32.2 Å². The van der Waals surface area contributed by atoms with Crippen LogP contribution in [0, 0.1) is 0 Å². The Morgan fingerprint density at radius 1 is 0.944 bits per heavy atom. The molecule has 0 fully saturated rings. The van der Waals surface area contributed by atoms with Crippen molar-refractivity contribution < 1.29 is 23.9 Å². The van der Waals surface area contributed by atoms with Crippen molar-refractivity contribution in [2.24, 2.45) is 0 Å². The van der Waals surface area contributed by atoms with E-state index in [0.29, 0.717) is 16.6 Å². The third-order valence-corrected chi connectivity index (χ3v) is 5.69. The van der Waals surface area contributed by atoms with Crippen LogP contribution in [0.15, 0.2) is 70.3 Å². The van der Waals surface area contributed by atoms with Gasteiger partial charge in [-0.1, -0.05) is 67.6 Å². The normalized spacial score (nSPS) is 11.5. The molecule has 0 radical (unpaired) electrons. The molecule has 0 aliphatic rings. The Morgan fingerprint density at radius 2 is 1.56 bits per heavy atom. The first-order chi connectivity index (χ1) is 17.3. The Kier molecular flexibility index (Phi) is 8.56. The average Bonchev–Trinajstić information content (AvgIpc) is 2.89. The van der Waals surface area contributed by atoms with Gasteiger partial charge in [-0.05, 0) is 17.5 Å². The summed E-state index contributed by atoms with van der Waals surface area (Å²) in [6.45, 7) is 0.279. The van der Waals surface area contributed by atoms with Gasteiger partial charge in [-0.2, -0.15) is 0 Å². The smallest absolute Gasteiger partial charge is 0.333 e. The van der Waals surface area contributed by atoms with Crippen molar-refractivity contribution in [2.45, 2.75) is 32.4 Å². The first-order valence-corrected chi connectivity index (χ1v) is 11.3. The van der Waals surface area contributed by atoms with Crippen molar-refractivity contribution in [3.63, 3.8) is 0 Å². The van der Waals surface area contributed by atoms with Gasteiger partial charge in [0.2, 0.25) is 5.78 Å². The van der Waals surface area contributed by atoms with Gasteiger partial charge in [0.05, 0.1) is 19.6 Å². The minimum atomic E-state index is -1.07. The zero-order valence-corrected chi connectivity index (χ0v) is 20.0. The van der Waals surface area contributed by atoms with E-state index in [1.807, 2.05) is 13.0 Å². The van der Waals surface area contributed by atoms with E-state index in [9.17, 15) is 24.0 Å². The second-order valence-corrected chi connectivity index (χ2v) is 7.98. The van der Waals surface area contributed by atoms with E-state index in [-0.39, 0.29) is 12.4 Å². The molecule has 0 aliphatic heterocycles. The van der Waals surface area contributed by atoms with Crippen LogP contribution in [0.2, 0.25) is 0 Å². The van der Waals surface area contributed by atoms with Crippen LogP contribution in [0.5, 0.6) is 0 Å². The molecule has 10 heteroatoms. The summed E-state index contributed by atoms with van der Waals surface area (Å²) in [5, 5.41) is 0. The molecule has 0 spiro atoms. The number of hydrogen-bond donors (Lipinski definition) is 1. The molecule has 36 heavy (non-hydrogen) atoms. The van der Waals surface area contributed by atoms with E-state index < -0.39 is 53.6 Å². The molecule has 0 saturated heterocycles. The van der Waals surface area contributed by atoms with Crippen LogP contribution in [0.25, 0.3) is 0 Å². The van der Waals surface area contributed by atoms with Gasteiger partial charge in [0.1, 0.15) is 17.9 Å². The number of ketones is 1. The van der Waals surface area contributed by atoms with Crippen LogP contribution in [0.1, 0.15) is 40.7 Å². The van der Waals surface area contributed by atoms with Gasteiger partial charge in [-0.25, -0.2) is 9.36 Å². The van der Waals surface area contributed by atoms with Gasteiger partial charge in [-0.15, -0.1) is 0 Å². The van der Waals surface area contributed by atoms with E-state index in [1.165, 1.54) is 0 Å². The summed E-state index contributed by atoms with van der Waals surface area (Å²) in [5.74, 6) is -3.37. The largest absolute Gasteiger partial charge is 0.468 e. The maximum atomic E-state index is 13.1. The Labute approximate surface area is 206 Å². The van der Waals surface area contributed by atoms with Gasteiger partial charge in [0, 0.05) is 0 Å². The number of anilines is 1. The lowest BCUT2D eigenvalue weighted by Gasteiger charge is -2.17. The maximum absolute atomic E-state index is 13.1. The maximum Gasteiger partial charge on any atom is 0.333 e. The molecule has 0 saturated carbocycles. The summed E-state index contributed by atoms with van der Waals surface area (Å²) in [4.78, 5) is 63.7. The van der Waals surface area contributed by atoms with E-state index >= 15 is 0 Å². The fourth-order valence-electron chi connectivity index (χ4n) is 3.76. The number of esters is 2. The molecule has 188 valence electrons. The van der Waals surface area contributed by atoms with Gasteiger partial charge in [-0.3, -0.25) is 23.7 Å². The summed E-state index contributed by atoms with van der Waals surface area (Å²) < 4.78 is 11.4. The molecule has 1 aromatic heterocycles. The quantitative estimate of drug-likeness (QED) is 0.333. The first kappa shape index (κ1) is 26.1. The summed E-state index contributed by atoms with van der Waals surface area (Å²) in [7, 11) is 1.11. The number of nitrogen functional groups attached to an aromatic ring is 1. The molecular weight excluding hydrogens is 466 g/mol. The minimum Gasteiger partial charge on any atom is -0.468 e. The van der Waals surface area contributed by atoms with Crippen LogP contribution in [0.3, 0.4) is 0 Å². The summed E-state index contributed by atoms with van der Waals surface area (Å²) in [5.41, 5.74) is 5.03. The highest BCUT2D eigenvalue weighted by Crippen LogP contribution is 2.21. The van der Waals surface area contributed by atoms with Gasteiger partial charge < -0.3 is 15.2 Å². The first-order valence-electron chi connectivity index (χ1n) is 11.3. The van der Waals surface area contributed by atoms with Crippen LogP contribution in [-0.4, -0.2) is 40.6 Å². The number of methoxy groups -OCH3 is 1. The topological polar surface area (TPSA) is 140 Å². The number of aromatic nitrogens is 2. The number of benzene rings is 2. The molecule has 2 aromatic carbocycles. The van der Waals surface area contributed by atoms with Crippen molar-refractivity contribution in [1.29, 1.82) is 0 Å². The molecule has 0 unspecified atom stereocenters. The molecule has 0 amide bonds. The predicted octanol–water partition coefficient (Wildman–Crippen LogP) is 1.73. The number of carbonyl (C=O) groups excluding carboxylic acids is 3. The number of hydrogen-bond acceptors (Lipinski definition) is 8. The minimum absolute atomic E-state index is 0.0566. The van der Waals surface area contributed by atoms with Gasteiger partial charge in [0.25, 0.3) is 5.56 Å². The number of nitrogens with two attached hydrogens (primary N) is 1. The number of ether oxygens (including phenoxy) is 2. The molecule has 1 atom stereocenters. The lowest BCUT2D eigenvalue weighted by molar-refractivity contribution is -0.144. The zero-order valence-electron chi connectivity index (χ0n) is 20.0. The van der Waals surface area contributed by atoms with Crippen LogP contribution < -0.4 is 17.0 Å². The van der Waals surface area contributed by atoms with Crippen molar-refractivity contribution in [2.75, 3.05) is 19.5 Å². The lowest BCUT2D eigenvalue weighted by atomic mass is 9.97. The van der Waals surface area contributed by atoms with Crippen molar-refractivity contribution >= 4 is 23.5 Å². The van der Waals surface area contributed by atoms with Crippen LogP contribution >= 0.6 is 0 Å². The fourth-order valence-corrected chi connectivity index (χ4v) is 3.76. The molecule has 0 bridgehead atoms. The highest BCUT2D eigenvalue weighted by molar-refractivity contribution is 6.01. The van der Waals surface area contributed by atoms with Crippen molar-refractivity contribution in [1.82, 2.24) is 9.13 Å². The fraction of sp³-hybridized carbons (Fsp3) is 0.269. The highest BCUT2D eigenvalue weighted by Gasteiger charge is 2.26. The average molecular weight is 494 g/mol. The van der Waals surface area contributed by atoms with Crippen molar-refractivity contribution in [3.05, 3.63) is 98.2 Å². The number of carbonyl (C=O) groups is 3. The predicted molar refractivity (Wildman–Crippen MR) is 132 cm³/mol. The second-order valence-electron chi connectivity index (χ2n) is 7.98. The number of nitrogens with zero attached hydrogens (tertiary/aromatic N) is 2. The molecule has 2 N–H and O–H groups in total. The monoisotopic (exact) mass is 493 g/mol. The Morgan fingerprint density at radius 3 is 2.14 bits per heavy atom. The summed E-state index contributed by atoms with van der Waals surface area (Å²) >= 11 is 0. The van der Waals surface area contributed by atoms with Crippen molar-refractivity contribution in [3.8, 4) is 0 Å². The van der Waals surface area contributed by atoms with E-state index in [0.717, 1.165) is 17.2 Å². The van der Waals surface area contributed by atoms with E-state index in [2.05, 4.69) is 4.74 Å². The summed E-state index contributed by atoms with van der Waals surface area (Å²) in [6, 6.07) is 17.7. The van der Waals surface area contributed by atoms with Gasteiger partial charge in [0.15, 0.2) is 6.61 Å². The lowest BCUT2D eigenvalue weighted by Crippen LogP contribution is -2.46. The Balaban J connectivity index is 1.96. The number of rotatable bonds is 10. The molecule has 1 heterocycles. The molecule has 0 aliphatic carbocycles. The third kappa shape index (κ3) is 5.77. The van der Waals surface area contributed by atoms with E-state index in [1.54, 1.807) is 54.6 Å². The molecule has 10 nitrogen and oxygen atoms in total. The summed E-state index contributed by atoms with van der Waals surface area (Å²) in [6.07, 6.45) is 0.438. The zero-order chi connectivity index (χ0) is 26.2. The van der Waals surface area contributed by atoms with Gasteiger partial charge >= 0.3 is 17.6 Å². The van der Waals surface area contributed by atoms with E-state index in [4.69, 9.17) is 10.5 Å². The molecular formula is C26H27N3O7. The van der Waals surface area contributed by atoms with Crippen LogP contribution in [0.4, 0.5) is 5.82 Å². The highest BCUT2D eigenvalue weighted by atomic mass is 16.5. The Bertz CT molecular complexity index is 1360. The standard InChI is InChI=1S/C26H27N3O7/c1-3-19(18-12-8-5-9-13-18)25(33)36-16-20(30)22-23(27)28(14-17-10-6-4-7-11-17)26(34)29(24(22)32)15-21(31)35-2/h4-13,19H,3,14-16,27H2,1-2H3/t19-/m0/s1. The molecule has 3 rings (SSSR count).